The highest BCUT2D eigenvalue weighted by atomic mass is 32.2. The Kier molecular flexibility index (Phi) is 6.72. The fourth-order valence-corrected chi connectivity index (χ4v) is 3.91. The van der Waals surface area contributed by atoms with E-state index < -0.39 is 0 Å². The molecular formula is C24H22N4O3S. The molecule has 4 aromatic rings. The van der Waals surface area contributed by atoms with Crippen molar-refractivity contribution in [1.82, 2.24) is 20.8 Å². The van der Waals surface area contributed by atoms with Gasteiger partial charge in [0.05, 0.1) is 24.6 Å². The number of imidazole rings is 1. The zero-order valence-electron chi connectivity index (χ0n) is 17.4. The number of aromatic nitrogens is 2. The van der Waals surface area contributed by atoms with Crippen molar-refractivity contribution in [2.75, 3.05) is 7.11 Å². The van der Waals surface area contributed by atoms with Gasteiger partial charge in [-0.2, -0.15) is 0 Å². The molecular weight excluding hydrogens is 424 g/mol. The molecule has 0 fully saturated rings. The molecule has 1 heterocycles. The Morgan fingerprint density at radius 3 is 2.38 bits per heavy atom. The van der Waals surface area contributed by atoms with E-state index in [4.69, 9.17) is 4.74 Å². The molecule has 0 unspecified atom stereocenters. The van der Waals surface area contributed by atoms with Gasteiger partial charge < -0.3 is 9.72 Å². The molecule has 0 spiro atoms. The average Bonchev–Trinajstić information content (AvgIpc) is 3.25. The molecule has 0 bridgehead atoms. The van der Waals surface area contributed by atoms with Gasteiger partial charge in [-0.05, 0) is 47.5 Å². The van der Waals surface area contributed by atoms with Crippen molar-refractivity contribution in [1.29, 1.82) is 0 Å². The number of aromatic amines is 1. The Balaban J connectivity index is 1.25. The lowest BCUT2D eigenvalue weighted by Crippen LogP contribution is -2.42. The van der Waals surface area contributed by atoms with Crippen LogP contribution in [0.4, 0.5) is 0 Å². The number of nitrogens with zero attached hydrogens (tertiary/aromatic N) is 1. The van der Waals surface area contributed by atoms with Crippen LogP contribution < -0.4 is 15.6 Å². The number of hydrogen-bond donors (Lipinski definition) is 3. The van der Waals surface area contributed by atoms with Gasteiger partial charge in [-0.3, -0.25) is 20.4 Å². The zero-order chi connectivity index (χ0) is 22.3. The minimum atomic E-state index is -0.371. The van der Waals surface area contributed by atoms with Gasteiger partial charge in [0, 0.05) is 11.3 Å². The Hall–Kier alpha value is -3.78. The van der Waals surface area contributed by atoms with Gasteiger partial charge in [-0.15, -0.1) is 0 Å². The maximum absolute atomic E-state index is 12.3. The third-order valence-corrected chi connectivity index (χ3v) is 5.74. The van der Waals surface area contributed by atoms with Crippen LogP contribution in [-0.2, 0) is 17.0 Å². The van der Waals surface area contributed by atoms with Crippen molar-refractivity contribution in [3.63, 3.8) is 0 Å². The summed E-state index contributed by atoms with van der Waals surface area (Å²) in [5.41, 5.74) is 9.20. The van der Waals surface area contributed by atoms with Crippen LogP contribution in [0.2, 0.25) is 0 Å². The summed E-state index contributed by atoms with van der Waals surface area (Å²) in [7, 11) is 1.59. The van der Waals surface area contributed by atoms with Crippen molar-refractivity contribution in [2.45, 2.75) is 17.3 Å². The molecule has 8 heteroatoms. The molecule has 32 heavy (non-hydrogen) atoms. The first-order valence-electron chi connectivity index (χ1n) is 9.99. The smallest absolute Gasteiger partial charge is 0.269 e. The number of amides is 2. The van der Waals surface area contributed by atoms with Crippen LogP contribution in [0, 0.1) is 0 Å². The number of methoxy groups -OCH3 is 1. The minimum absolute atomic E-state index is 0.155. The summed E-state index contributed by atoms with van der Waals surface area (Å²) >= 11 is 1.60. The Labute approximate surface area is 189 Å². The third-order valence-electron chi connectivity index (χ3n) is 4.80. The number of carbonyl (C=O) groups excluding carboxylic acids is 2. The number of thioether (sulfide) groups is 1. The molecule has 7 nitrogen and oxygen atoms in total. The first-order chi connectivity index (χ1) is 15.6. The fraction of sp³-hybridized carbons (Fsp3) is 0.125. The van der Waals surface area contributed by atoms with Gasteiger partial charge in [0.2, 0.25) is 5.91 Å². The van der Waals surface area contributed by atoms with Crippen molar-refractivity contribution in [2.24, 2.45) is 0 Å². The number of H-pyrrole nitrogens is 1. The summed E-state index contributed by atoms with van der Waals surface area (Å²) in [5.74, 6) is 0.772. The third kappa shape index (κ3) is 5.47. The molecule has 4 rings (SSSR count). The van der Waals surface area contributed by atoms with E-state index in [2.05, 4.69) is 20.8 Å². The van der Waals surface area contributed by atoms with Crippen LogP contribution in [0.1, 0.15) is 21.5 Å². The van der Waals surface area contributed by atoms with E-state index in [0.717, 1.165) is 38.8 Å². The number of nitrogens with one attached hydrogen (secondary N) is 3. The number of para-hydroxylation sites is 2. The summed E-state index contributed by atoms with van der Waals surface area (Å²) in [5, 5.41) is 0.854. The number of benzene rings is 3. The second-order valence-corrected chi connectivity index (χ2v) is 8.04. The van der Waals surface area contributed by atoms with Gasteiger partial charge >= 0.3 is 0 Å². The largest absolute Gasteiger partial charge is 0.497 e. The van der Waals surface area contributed by atoms with Gasteiger partial charge in [-0.25, -0.2) is 4.98 Å². The first-order valence-corrected chi connectivity index (χ1v) is 11.0. The topological polar surface area (TPSA) is 96.1 Å². The summed E-state index contributed by atoms with van der Waals surface area (Å²) in [6.45, 7) is 0. The highest BCUT2D eigenvalue weighted by molar-refractivity contribution is 7.98. The second-order valence-electron chi connectivity index (χ2n) is 7.07. The number of fused-ring (bicyclic) bond motifs is 1. The van der Waals surface area contributed by atoms with E-state index in [1.54, 1.807) is 43.1 Å². The number of carbonyl (C=O) groups is 2. The van der Waals surface area contributed by atoms with Gasteiger partial charge in [0.25, 0.3) is 5.91 Å². The predicted octanol–water partition coefficient (Wildman–Crippen LogP) is 3.87. The molecule has 0 aliphatic carbocycles. The normalized spacial score (nSPS) is 10.7. The molecule has 0 saturated carbocycles. The van der Waals surface area contributed by atoms with Crippen LogP contribution in [-0.4, -0.2) is 28.9 Å². The van der Waals surface area contributed by atoms with Crippen LogP contribution in [0.15, 0.2) is 78.0 Å². The summed E-state index contributed by atoms with van der Waals surface area (Å²) in [4.78, 5) is 32.2. The lowest BCUT2D eigenvalue weighted by molar-refractivity contribution is -0.121. The highest BCUT2D eigenvalue weighted by Gasteiger charge is 2.09. The Morgan fingerprint density at radius 2 is 1.66 bits per heavy atom. The quantitative estimate of drug-likeness (QED) is 0.296. The SMILES string of the molecule is COc1ccc(CC(=O)NNC(=O)c2ccc(CSc3nc4ccccc4[nH]3)cc2)cc1. The van der Waals surface area contributed by atoms with Crippen LogP contribution in [0.5, 0.6) is 5.75 Å². The van der Waals surface area contributed by atoms with E-state index in [1.165, 1.54) is 0 Å². The predicted molar refractivity (Wildman–Crippen MR) is 124 cm³/mol. The number of rotatable bonds is 7. The molecule has 0 atom stereocenters. The lowest BCUT2D eigenvalue weighted by Gasteiger charge is -2.08. The fourth-order valence-electron chi connectivity index (χ4n) is 3.07. The first kappa shape index (κ1) is 21.5. The van der Waals surface area contributed by atoms with E-state index in [1.807, 2.05) is 48.5 Å². The van der Waals surface area contributed by atoms with Crippen LogP contribution in [0.25, 0.3) is 11.0 Å². The number of hydrazine groups is 1. The van der Waals surface area contributed by atoms with Crippen molar-refractivity contribution in [3.8, 4) is 5.75 Å². The minimum Gasteiger partial charge on any atom is -0.497 e. The maximum Gasteiger partial charge on any atom is 0.269 e. The molecule has 2 amide bonds. The zero-order valence-corrected chi connectivity index (χ0v) is 18.2. The summed E-state index contributed by atoms with van der Waals surface area (Å²) in [6.07, 6.45) is 0.155. The van der Waals surface area contributed by atoms with Crippen LogP contribution >= 0.6 is 11.8 Å². The van der Waals surface area contributed by atoms with Gasteiger partial charge in [-0.1, -0.05) is 48.2 Å². The standard InChI is InChI=1S/C24H22N4O3S/c1-31-19-12-8-16(9-13-19)14-22(29)27-28-23(30)18-10-6-17(7-11-18)15-32-24-25-20-4-2-3-5-21(20)26-24/h2-13H,14-15H2,1H3,(H,25,26)(H,27,29)(H,28,30). The van der Waals surface area contributed by atoms with E-state index in [9.17, 15) is 9.59 Å². The van der Waals surface area contributed by atoms with Crippen molar-refractivity contribution < 1.29 is 14.3 Å². The Morgan fingerprint density at radius 1 is 0.938 bits per heavy atom. The molecule has 0 radical (unpaired) electrons. The van der Waals surface area contributed by atoms with E-state index in [-0.39, 0.29) is 18.2 Å². The molecule has 0 aliphatic heterocycles. The molecule has 0 saturated heterocycles. The lowest BCUT2D eigenvalue weighted by atomic mass is 10.1. The van der Waals surface area contributed by atoms with Crippen molar-refractivity contribution in [3.05, 3.63) is 89.5 Å². The van der Waals surface area contributed by atoms with Gasteiger partial charge in [0.15, 0.2) is 5.16 Å². The monoisotopic (exact) mass is 446 g/mol. The molecule has 3 N–H and O–H groups in total. The highest BCUT2D eigenvalue weighted by Crippen LogP contribution is 2.23. The van der Waals surface area contributed by atoms with Crippen LogP contribution in [0.3, 0.4) is 0 Å². The molecule has 0 aliphatic rings. The second kappa shape index (κ2) is 10.0. The van der Waals surface area contributed by atoms with E-state index in [0.29, 0.717) is 5.56 Å². The van der Waals surface area contributed by atoms with Crippen molar-refractivity contribution >= 4 is 34.6 Å². The van der Waals surface area contributed by atoms with Gasteiger partial charge in [0.1, 0.15) is 5.75 Å². The maximum atomic E-state index is 12.3. The number of ether oxygens (including phenoxy) is 1. The summed E-state index contributed by atoms with van der Waals surface area (Å²) in [6, 6.07) is 22.3. The summed E-state index contributed by atoms with van der Waals surface area (Å²) < 4.78 is 5.10. The molecule has 3 aromatic carbocycles. The molecule has 1 aromatic heterocycles. The number of hydrogen-bond acceptors (Lipinski definition) is 5. The van der Waals surface area contributed by atoms with E-state index >= 15 is 0 Å². The average molecular weight is 447 g/mol. The Bertz CT molecular complexity index is 1190. The molecule has 162 valence electrons.